The van der Waals surface area contributed by atoms with Gasteiger partial charge in [0.2, 0.25) is 5.54 Å². The fourth-order valence-electron chi connectivity index (χ4n) is 3.14. The maximum Gasteiger partial charge on any atom is 0.421 e. The summed E-state index contributed by atoms with van der Waals surface area (Å²) in [7, 11) is 0. The highest BCUT2D eigenvalue weighted by Crippen LogP contribution is 2.50. The summed E-state index contributed by atoms with van der Waals surface area (Å²) in [4.78, 5) is 24.3. The third-order valence-electron chi connectivity index (χ3n) is 4.60. The maximum absolute atomic E-state index is 13.8. The van der Waals surface area contributed by atoms with Crippen LogP contribution in [0.25, 0.3) is 11.1 Å². The van der Waals surface area contributed by atoms with Gasteiger partial charge in [-0.1, -0.05) is 55.5 Å². The van der Waals surface area contributed by atoms with E-state index in [-0.39, 0.29) is 5.56 Å². The summed E-state index contributed by atoms with van der Waals surface area (Å²) < 4.78 is 82.7. The summed E-state index contributed by atoms with van der Waals surface area (Å²) in [6, 6.07) is 10.9. The van der Waals surface area contributed by atoms with Gasteiger partial charge in [0.15, 0.2) is 0 Å². The standard InChI is InChI=1S/C19H17F6N3O2/c1-2-17(18(20,21)22,19(23,24)25)28(16(30)27-26)15(29)14-11-7-6-10-13(14)12-8-4-3-5-9-12/h3-11H,2,26H2,1H3,(H,27,30). The molecule has 0 spiro atoms. The summed E-state index contributed by atoms with van der Waals surface area (Å²) in [6.45, 7) is 0.578. The first-order chi connectivity index (χ1) is 13.9. The Morgan fingerprint density at radius 2 is 1.40 bits per heavy atom. The van der Waals surface area contributed by atoms with Crippen LogP contribution in [-0.4, -0.2) is 34.7 Å². The van der Waals surface area contributed by atoms with Gasteiger partial charge in [-0.05, 0) is 23.6 Å². The Balaban J connectivity index is 2.79. The Kier molecular flexibility index (Phi) is 6.45. The number of nitrogens with two attached hydrogens (primary N) is 1. The number of carbonyl (C=O) groups excluding carboxylic acids is 2. The van der Waals surface area contributed by atoms with E-state index >= 15 is 0 Å². The summed E-state index contributed by atoms with van der Waals surface area (Å²) in [5, 5.41) is 0. The highest BCUT2D eigenvalue weighted by atomic mass is 19.4. The van der Waals surface area contributed by atoms with Crippen LogP contribution < -0.4 is 11.3 Å². The predicted octanol–water partition coefficient (Wildman–Crippen LogP) is 4.65. The van der Waals surface area contributed by atoms with Gasteiger partial charge in [-0.25, -0.2) is 15.5 Å². The molecule has 5 nitrogen and oxygen atoms in total. The van der Waals surface area contributed by atoms with Crippen molar-refractivity contribution in [3.8, 4) is 11.1 Å². The first-order valence-electron chi connectivity index (χ1n) is 8.55. The molecule has 0 aliphatic heterocycles. The molecule has 162 valence electrons. The molecule has 0 atom stereocenters. The van der Waals surface area contributed by atoms with Crippen LogP contribution in [0.1, 0.15) is 23.7 Å². The Labute approximate surface area is 167 Å². The van der Waals surface area contributed by atoms with Gasteiger partial charge in [0, 0.05) is 5.56 Å². The molecule has 2 rings (SSSR count). The zero-order chi connectivity index (χ0) is 22.7. The minimum absolute atomic E-state index is 0.0484. The number of carbonyl (C=O) groups is 2. The van der Waals surface area contributed by atoms with Crippen molar-refractivity contribution in [2.75, 3.05) is 0 Å². The van der Waals surface area contributed by atoms with Gasteiger partial charge in [-0.15, -0.1) is 0 Å². The van der Waals surface area contributed by atoms with Gasteiger partial charge in [-0.3, -0.25) is 10.2 Å². The molecule has 0 radical (unpaired) electrons. The third kappa shape index (κ3) is 3.84. The molecule has 3 N–H and O–H groups in total. The number of rotatable bonds is 4. The zero-order valence-electron chi connectivity index (χ0n) is 15.5. The van der Waals surface area contributed by atoms with E-state index in [0.29, 0.717) is 12.5 Å². The lowest BCUT2D eigenvalue weighted by Crippen LogP contribution is -2.71. The smallest absolute Gasteiger partial charge is 0.275 e. The highest BCUT2D eigenvalue weighted by molar-refractivity contribution is 6.08. The molecule has 2 aromatic rings. The number of amides is 3. The van der Waals surface area contributed by atoms with Crippen molar-refractivity contribution in [1.82, 2.24) is 10.3 Å². The largest absolute Gasteiger partial charge is 0.421 e. The monoisotopic (exact) mass is 433 g/mol. The van der Waals surface area contributed by atoms with Crippen LogP contribution in [0, 0.1) is 0 Å². The minimum Gasteiger partial charge on any atom is -0.275 e. The molecular weight excluding hydrogens is 416 g/mol. The van der Waals surface area contributed by atoms with E-state index in [1.165, 1.54) is 35.8 Å². The molecule has 2 aromatic carbocycles. The van der Waals surface area contributed by atoms with Crippen molar-refractivity contribution < 1.29 is 35.9 Å². The van der Waals surface area contributed by atoms with Crippen LogP contribution >= 0.6 is 0 Å². The Bertz CT molecular complexity index is 898. The van der Waals surface area contributed by atoms with Crippen molar-refractivity contribution in [1.29, 1.82) is 0 Å². The normalized spacial score (nSPS) is 12.4. The van der Waals surface area contributed by atoms with Crippen molar-refractivity contribution in [2.24, 2.45) is 5.84 Å². The van der Waals surface area contributed by atoms with Gasteiger partial charge >= 0.3 is 18.4 Å². The third-order valence-corrected chi connectivity index (χ3v) is 4.60. The van der Waals surface area contributed by atoms with Crippen LogP contribution in [0.15, 0.2) is 54.6 Å². The van der Waals surface area contributed by atoms with E-state index in [1.54, 1.807) is 18.2 Å². The lowest BCUT2D eigenvalue weighted by molar-refractivity contribution is -0.326. The molecule has 0 unspecified atom stereocenters. The molecule has 3 amide bonds. The second kappa shape index (κ2) is 8.34. The lowest BCUT2D eigenvalue weighted by atomic mass is 9.90. The Morgan fingerprint density at radius 3 is 1.87 bits per heavy atom. The van der Waals surface area contributed by atoms with Crippen LogP contribution in [0.4, 0.5) is 31.1 Å². The molecule has 0 bridgehead atoms. The molecule has 0 aromatic heterocycles. The molecule has 30 heavy (non-hydrogen) atoms. The number of hydrazine groups is 1. The molecule has 0 heterocycles. The first kappa shape index (κ1) is 23.2. The number of hydrogen-bond donors (Lipinski definition) is 2. The zero-order valence-corrected chi connectivity index (χ0v) is 15.5. The fraction of sp³-hybridized carbons (Fsp3) is 0.263. The second-order valence-electron chi connectivity index (χ2n) is 6.21. The summed E-state index contributed by atoms with van der Waals surface area (Å²) in [6.07, 6.45) is -13.7. The van der Waals surface area contributed by atoms with Gasteiger partial charge in [-0.2, -0.15) is 26.3 Å². The van der Waals surface area contributed by atoms with E-state index in [4.69, 9.17) is 5.84 Å². The quantitative estimate of drug-likeness (QED) is 0.319. The van der Waals surface area contributed by atoms with Crippen molar-refractivity contribution in [3.63, 3.8) is 0 Å². The predicted molar refractivity (Wildman–Crippen MR) is 95.9 cm³/mol. The SMILES string of the molecule is CCC(N(C(=O)NN)C(=O)c1ccccc1-c1ccccc1)(C(F)(F)F)C(F)(F)F. The maximum atomic E-state index is 13.8. The first-order valence-corrected chi connectivity index (χ1v) is 8.55. The van der Waals surface area contributed by atoms with Crippen LogP contribution in [-0.2, 0) is 0 Å². The number of imide groups is 1. The number of urea groups is 1. The average molecular weight is 433 g/mol. The van der Waals surface area contributed by atoms with Gasteiger partial charge in [0.1, 0.15) is 0 Å². The van der Waals surface area contributed by atoms with Crippen molar-refractivity contribution in [3.05, 3.63) is 60.2 Å². The fourth-order valence-corrected chi connectivity index (χ4v) is 3.14. The van der Waals surface area contributed by atoms with Gasteiger partial charge < -0.3 is 0 Å². The van der Waals surface area contributed by atoms with Crippen molar-refractivity contribution >= 4 is 11.9 Å². The summed E-state index contributed by atoms with van der Waals surface area (Å²) in [5.74, 6) is 3.05. The number of hydrogen-bond acceptors (Lipinski definition) is 3. The van der Waals surface area contributed by atoms with E-state index in [0.717, 1.165) is 6.07 Å². The van der Waals surface area contributed by atoms with Crippen LogP contribution in [0.5, 0.6) is 0 Å². The van der Waals surface area contributed by atoms with Crippen LogP contribution in [0.2, 0.25) is 0 Å². The summed E-state index contributed by atoms with van der Waals surface area (Å²) in [5.41, 5.74) is -3.69. The van der Waals surface area contributed by atoms with E-state index in [2.05, 4.69) is 0 Å². The molecular formula is C19H17F6N3O2. The van der Waals surface area contributed by atoms with Crippen LogP contribution in [0.3, 0.4) is 0 Å². The number of nitrogens with one attached hydrogen (secondary N) is 1. The average Bonchev–Trinajstić information content (AvgIpc) is 2.69. The van der Waals surface area contributed by atoms with E-state index in [1.807, 2.05) is 0 Å². The Morgan fingerprint density at radius 1 is 0.900 bits per heavy atom. The van der Waals surface area contributed by atoms with Gasteiger partial charge in [0.05, 0.1) is 0 Å². The molecule has 0 fully saturated rings. The second-order valence-corrected chi connectivity index (χ2v) is 6.21. The highest BCUT2D eigenvalue weighted by Gasteiger charge is 2.75. The molecule has 11 heteroatoms. The summed E-state index contributed by atoms with van der Waals surface area (Å²) >= 11 is 0. The topological polar surface area (TPSA) is 75.4 Å². The number of alkyl halides is 6. The minimum atomic E-state index is -6.02. The lowest BCUT2D eigenvalue weighted by Gasteiger charge is -2.43. The van der Waals surface area contributed by atoms with E-state index < -0.39 is 46.7 Å². The van der Waals surface area contributed by atoms with Gasteiger partial charge in [0.25, 0.3) is 5.91 Å². The molecule has 0 saturated carbocycles. The number of halogens is 6. The molecule has 0 aliphatic rings. The van der Waals surface area contributed by atoms with Crippen molar-refractivity contribution in [2.45, 2.75) is 31.2 Å². The number of benzene rings is 2. The van der Waals surface area contributed by atoms with E-state index in [9.17, 15) is 35.9 Å². The molecule has 0 saturated heterocycles. The number of nitrogens with zero attached hydrogens (tertiary/aromatic N) is 1. The Hall–Kier alpha value is -3.08. The molecule has 0 aliphatic carbocycles.